The molecule has 0 aliphatic rings. The van der Waals surface area contributed by atoms with E-state index in [0.29, 0.717) is 5.56 Å². The summed E-state index contributed by atoms with van der Waals surface area (Å²) in [5.41, 5.74) is -0.964. The molecular weight excluding hydrogens is 256 g/mol. The molecule has 0 aliphatic heterocycles. The molecule has 0 saturated heterocycles. The lowest BCUT2D eigenvalue weighted by Gasteiger charge is -2.27. The van der Waals surface area contributed by atoms with Crippen molar-refractivity contribution in [3.63, 3.8) is 0 Å². The van der Waals surface area contributed by atoms with E-state index in [2.05, 4.69) is 0 Å². The highest BCUT2D eigenvalue weighted by molar-refractivity contribution is 6.08. The van der Waals surface area contributed by atoms with Crippen molar-refractivity contribution in [3.8, 4) is 0 Å². The molecule has 0 saturated carbocycles. The second-order valence-corrected chi connectivity index (χ2v) is 4.54. The lowest BCUT2D eigenvalue weighted by Crippen LogP contribution is -2.45. The third-order valence-electron chi connectivity index (χ3n) is 3.40. The molecule has 0 radical (unpaired) electrons. The Morgan fingerprint density at radius 2 is 1.35 bits per heavy atom. The van der Waals surface area contributed by atoms with Crippen molar-refractivity contribution >= 4 is 11.9 Å². The quantitative estimate of drug-likeness (QED) is 0.837. The zero-order valence-electron chi connectivity index (χ0n) is 10.9. The van der Waals surface area contributed by atoms with Gasteiger partial charge in [0.05, 0.1) is 0 Å². The Kier molecular flexibility index (Phi) is 3.57. The van der Waals surface area contributed by atoms with Gasteiger partial charge in [0.25, 0.3) is 0 Å². The summed E-state index contributed by atoms with van der Waals surface area (Å²) in [6.07, 6.45) is 0. The molecule has 2 rings (SSSR count). The van der Waals surface area contributed by atoms with Crippen LogP contribution >= 0.6 is 0 Å². The van der Waals surface area contributed by atoms with Gasteiger partial charge in [-0.1, -0.05) is 54.6 Å². The number of rotatable bonds is 4. The van der Waals surface area contributed by atoms with E-state index < -0.39 is 17.4 Å². The van der Waals surface area contributed by atoms with Gasteiger partial charge in [-0.05, 0) is 23.6 Å². The summed E-state index contributed by atoms with van der Waals surface area (Å²) < 4.78 is 0. The highest BCUT2D eigenvalue weighted by Crippen LogP contribution is 2.35. The molecule has 4 heteroatoms. The van der Waals surface area contributed by atoms with Gasteiger partial charge in [0.15, 0.2) is 0 Å². The largest absolute Gasteiger partial charge is 0.480 e. The molecule has 2 aromatic rings. The van der Waals surface area contributed by atoms with E-state index in [1.807, 2.05) is 0 Å². The maximum atomic E-state index is 11.8. The van der Waals surface area contributed by atoms with E-state index in [9.17, 15) is 19.8 Å². The summed E-state index contributed by atoms with van der Waals surface area (Å²) in [6, 6.07) is 14.7. The van der Waals surface area contributed by atoms with Crippen molar-refractivity contribution in [2.45, 2.75) is 12.3 Å². The Labute approximate surface area is 116 Å². The number of hydrogen-bond acceptors (Lipinski definition) is 2. The summed E-state index contributed by atoms with van der Waals surface area (Å²) in [7, 11) is 0. The van der Waals surface area contributed by atoms with Crippen LogP contribution in [0.1, 0.15) is 16.7 Å². The minimum Gasteiger partial charge on any atom is -0.480 e. The normalized spacial score (nSPS) is 11.1. The number of carboxylic acids is 2. The summed E-state index contributed by atoms with van der Waals surface area (Å²) in [4.78, 5) is 23.7. The molecule has 0 atom stereocenters. The van der Waals surface area contributed by atoms with Gasteiger partial charge in [-0.15, -0.1) is 0 Å². The van der Waals surface area contributed by atoms with Gasteiger partial charge in [-0.25, -0.2) is 0 Å². The Balaban J connectivity index is 2.84. The highest BCUT2D eigenvalue weighted by atomic mass is 16.4. The summed E-state index contributed by atoms with van der Waals surface area (Å²) >= 11 is 0. The Morgan fingerprint density at radius 1 is 0.850 bits per heavy atom. The third kappa shape index (κ3) is 1.95. The summed E-state index contributed by atoms with van der Waals surface area (Å²) in [6.45, 7) is 1.71. The van der Waals surface area contributed by atoms with E-state index in [1.54, 1.807) is 49.4 Å². The number of carbonyl (C=O) groups is 2. The average Bonchev–Trinajstić information content (AvgIpc) is 2.42. The number of aliphatic carboxylic acids is 2. The zero-order valence-corrected chi connectivity index (χ0v) is 10.9. The van der Waals surface area contributed by atoms with Gasteiger partial charge in [0.2, 0.25) is 5.41 Å². The van der Waals surface area contributed by atoms with Crippen LogP contribution in [-0.4, -0.2) is 22.2 Å². The third-order valence-corrected chi connectivity index (χ3v) is 3.40. The first-order valence-electron chi connectivity index (χ1n) is 6.09. The van der Waals surface area contributed by atoms with Gasteiger partial charge in [-0.2, -0.15) is 0 Å². The predicted molar refractivity (Wildman–Crippen MR) is 73.7 cm³/mol. The second-order valence-electron chi connectivity index (χ2n) is 4.54. The maximum Gasteiger partial charge on any atom is 0.330 e. The Bertz CT molecular complexity index is 633. The molecule has 0 aliphatic carbocycles. The fourth-order valence-electron chi connectivity index (χ4n) is 2.41. The van der Waals surface area contributed by atoms with Crippen molar-refractivity contribution in [2.75, 3.05) is 0 Å². The van der Waals surface area contributed by atoms with Crippen molar-refractivity contribution in [1.82, 2.24) is 0 Å². The smallest absolute Gasteiger partial charge is 0.330 e. The predicted octanol–water partition coefficient (Wildman–Crippen LogP) is 2.45. The van der Waals surface area contributed by atoms with E-state index in [0.717, 1.165) is 0 Å². The van der Waals surface area contributed by atoms with Crippen molar-refractivity contribution < 1.29 is 19.8 Å². The first-order valence-corrected chi connectivity index (χ1v) is 6.09. The molecule has 102 valence electrons. The van der Waals surface area contributed by atoms with Crippen LogP contribution in [0.2, 0.25) is 0 Å². The number of benzene rings is 2. The second kappa shape index (κ2) is 5.17. The summed E-state index contributed by atoms with van der Waals surface area (Å²) in [5.74, 6) is -2.80. The lowest BCUT2D eigenvalue weighted by molar-refractivity contribution is -0.155. The molecule has 4 nitrogen and oxygen atoms in total. The van der Waals surface area contributed by atoms with Crippen LogP contribution in [0.3, 0.4) is 0 Å². The molecule has 2 aromatic carbocycles. The molecular formula is C16H14O4. The standard InChI is InChI=1S/C16H14O4/c1-11-7-5-6-10-13(11)16(14(17)18,15(19)20)12-8-3-2-4-9-12/h2-10H,1H3,(H,17,18)(H,19,20). The monoisotopic (exact) mass is 270 g/mol. The molecule has 0 aromatic heterocycles. The van der Waals surface area contributed by atoms with Crippen LogP contribution in [0.25, 0.3) is 0 Å². The van der Waals surface area contributed by atoms with E-state index >= 15 is 0 Å². The van der Waals surface area contributed by atoms with Gasteiger partial charge in [0.1, 0.15) is 0 Å². The Hall–Kier alpha value is -2.62. The molecule has 0 spiro atoms. The van der Waals surface area contributed by atoms with Crippen molar-refractivity contribution in [2.24, 2.45) is 0 Å². The van der Waals surface area contributed by atoms with E-state index in [4.69, 9.17) is 0 Å². The lowest BCUT2D eigenvalue weighted by atomic mass is 9.73. The molecule has 0 bridgehead atoms. The average molecular weight is 270 g/mol. The van der Waals surface area contributed by atoms with Gasteiger partial charge in [0, 0.05) is 0 Å². The van der Waals surface area contributed by atoms with Crippen LogP contribution in [0.5, 0.6) is 0 Å². The van der Waals surface area contributed by atoms with E-state index in [1.165, 1.54) is 12.1 Å². The maximum absolute atomic E-state index is 11.8. The number of aryl methyl sites for hydroxylation is 1. The zero-order chi connectivity index (χ0) is 14.8. The Morgan fingerprint density at radius 3 is 1.85 bits per heavy atom. The first-order chi connectivity index (χ1) is 9.51. The van der Waals surface area contributed by atoms with Crippen molar-refractivity contribution in [3.05, 3.63) is 71.3 Å². The highest BCUT2D eigenvalue weighted by Gasteiger charge is 2.50. The molecule has 0 unspecified atom stereocenters. The number of hydrogen-bond donors (Lipinski definition) is 2. The molecule has 0 heterocycles. The fourth-order valence-corrected chi connectivity index (χ4v) is 2.41. The van der Waals surface area contributed by atoms with Crippen LogP contribution in [0, 0.1) is 6.92 Å². The van der Waals surface area contributed by atoms with Crippen LogP contribution in [-0.2, 0) is 15.0 Å². The van der Waals surface area contributed by atoms with Gasteiger partial charge in [-0.3, -0.25) is 9.59 Å². The van der Waals surface area contributed by atoms with E-state index in [-0.39, 0.29) is 11.1 Å². The van der Waals surface area contributed by atoms with Gasteiger partial charge < -0.3 is 10.2 Å². The van der Waals surface area contributed by atoms with Crippen LogP contribution < -0.4 is 0 Å². The summed E-state index contributed by atoms with van der Waals surface area (Å²) in [5, 5.41) is 19.3. The molecule has 20 heavy (non-hydrogen) atoms. The van der Waals surface area contributed by atoms with Crippen LogP contribution in [0.15, 0.2) is 54.6 Å². The SMILES string of the molecule is Cc1ccccc1C(C(=O)O)(C(=O)O)c1ccccc1. The minimum absolute atomic E-state index is 0.231. The van der Waals surface area contributed by atoms with Gasteiger partial charge >= 0.3 is 11.9 Å². The first kappa shape index (κ1) is 13.8. The molecule has 0 amide bonds. The van der Waals surface area contributed by atoms with Crippen molar-refractivity contribution in [1.29, 1.82) is 0 Å². The molecule has 0 fully saturated rings. The van der Waals surface area contributed by atoms with Crippen LogP contribution in [0.4, 0.5) is 0 Å². The number of carboxylic acid groups (broad SMARTS) is 2. The molecule has 2 N–H and O–H groups in total. The fraction of sp³-hybridized carbons (Fsp3) is 0.125. The topological polar surface area (TPSA) is 74.6 Å². The minimum atomic E-state index is -2.09.